The first-order chi connectivity index (χ1) is 13.0. The highest BCUT2D eigenvalue weighted by molar-refractivity contribution is 5.75. The third-order valence-electron chi connectivity index (χ3n) is 8.51. The molecule has 9 atom stereocenters. The second-order valence-corrected chi connectivity index (χ2v) is 9.91. The molecule has 152 valence electrons. The van der Waals surface area contributed by atoms with Crippen molar-refractivity contribution in [2.75, 3.05) is 6.61 Å². The van der Waals surface area contributed by atoms with Crippen LogP contribution in [0.4, 0.5) is 0 Å². The van der Waals surface area contributed by atoms with Crippen molar-refractivity contribution in [1.29, 1.82) is 0 Å². The molecule has 4 aliphatic carbocycles. The molecule has 0 amide bonds. The Labute approximate surface area is 163 Å². The Morgan fingerprint density at radius 3 is 2.30 bits per heavy atom. The van der Waals surface area contributed by atoms with Crippen LogP contribution in [0.3, 0.4) is 0 Å². The summed E-state index contributed by atoms with van der Waals surface area (Å²) in [5.41, 5.74) is 0. The summed E-state index contributed by atoms with van der Waals surface area (Å²) in [7, 11) is 0. The molecule has 4 aliphatic rings. The monoisotopic (exact) mass is 376 g/mol. The zero-order chi connectivity index (χ0) is 19.1. The summed E-state index contributed by atoms with van der Waals surface area (Å²) in [4.78, 5) is 25.4. The summed E-state index contributed by atoms with van der Waals surface area (Å²) in [6.07, 6.45) is 8.23. The summed E-state index contributed by atoms with van der Waals surface area (Å²) in [6.45, 7) is 7.32. The van der Waals surface area contributed by atoms with Gasteiger partial charge in [0.2, 0.25) is 0 Å². The molecule has 0 aromatic heterocycles. The first-order valence-electron chi connectivity index (χ1n) is 11.4. The molecule has 0 N–H and O–H groups in total. The lowest BCUT2D eigenvalue weighted by Crippen LogP contribution is -2.38. The van der Waals surface area contributed by atoms with Gasteiger partial charge in [-0.15, -0.1) is 0 Å². The minimum Gasteiger partial charge on any atom is -0.465 e. The molecule has 27 heavy (non-hydrogen) atoms. The smallest absolute Gasteiger partial charge is 0.309 e. The maximum atomic E-state index is 12.9. The maximum Gasteiger partial charge on any atom is 0.309 e. The van der Waals surface area contributed by atoms with Crippen molar-refractivity contribution in [1.82, 2.24) is 0 Å². The van der Waals surface area contributed by atoms with Crippen LogP contribution >= 0.6 is 0 Å². The van der Waals surface area contributed by atoms with Crippen LogP contribution in [0.1, 0.15) is 72.1 Å². The van der Waals surface area contributed by atoms with Crippen molar-refractivity contribution >= 4 is 11.9 Å². The van der Waals surface area contributed by atoms with Crippen LogP contribution in [-0.2, 0) is 19.1 Å². The topological polar surface area (TPSA) is 52.6 Å². The molecule has 4 nitrogen and oxygen atoms in total. The highest BCUT2D eigenvalue weighted by atomic mass is 16.5. The van der Waals surface area contributed by atoms with E-state index in [1.165, 1.54) is 6.42 Å². The van der Waals surface area contributed by atoms with Crippen molar-refractivity contribution in [2.24, 2.45) is 47.3 Å². The number of unbranched alkanes of at least 4 members (excludes halogenated alkanes) is 2. The van der Waals surface area contributed by atoms with Crippen LogP contribution < -0.4 is 0 Å². The van der Waals surface area contributed by atoms with Crippen LogP contribution in [0.15, 0.2) is 0 Å². The zero-order valence-electron chi connectivity index (χ0n) is 17.2. The second-order valence-electron chi connectivity index (χ2n) is 9.91. The van der Waals surface area contributed by atoms with E-state index in [2.05, 4.69) is 20.8 Å². The average Bonchev–Trinajstić information content (AvgIpc) is 3.40. The largest absolute Gasteiger partial charge is 0.465 e. The van der Waals surface area contributed by atoms with Gasteiger partial charge in [-0.05, 0) is 68.1 Å². The molecule has 0 heterocycles. The fourth-order valence-corrected chi connectivity index (χ4v) is 6.77. The first-order valence-corrected chi connectivity index (χ1v) is 11.4. The molecule has 0 aliphatic heterocycles. The predicted molar refractivity (Wildman–Crippen MR) is 103 cm³/mol. The summed E-state index contributed by atoms with van der Waals surface area (Å²) in [5.74, 6) is 3.31. The number of hydrogen-bond acceptors (Lipinski definition) is 4. The Balaban J connectivity index is 1.30. The number of esters is 2. The fraction of sp³-hybridized carbons (Fsp3) is 0.913. The number of ether oxygens (including phenoxy) is 2. The Bertz CT molecular complexity index is 571. The van der Waals surface area contributed by atoms with Gasteiger partial charge in [-0.3, -0.25) is 9.59 Å². The third-order valence-corrected chi connectivity index (χ3v) is 8.51. The molecule has 0 aromatic rings. The fourth-order valence-electron chi connectivity index (χ4n) is 6.77. The normalized spacial score (nSPS) is 44.6. The van der Waals surface area contributed by atoms with Crippen LogP contribution in [0.5, 0.6) is 0 Å². The van der Waals surface area contributed by atoms with Gasteiger partial charge in [-0.2, -0.15) is 0 Å². The SMILES string of the molecule is CCCCCOC(=O)C1CC2CC(OC(=O)C3CC4CC3C(C)C4C)C1C2. The molecule has 4 heteroatoms. The molecule has 0 aromatic carbocycles. The molecule has 4 fully saturated rings. The van der Waals surface area contributed by atoms with E-state index in [-0.39, 0.29) is 35.8 Å². The number of hydrogen-bond donors (Lipinski definition) is 0. The number of carbonyl (C=O) groups excluding carboxylic acids is 2. The van der Waals surface area contributed by atoms with Gasteiger partial charge in [0, 0.05) is 5.92 Å². The first kappa shape index (κ1) is 19.3. The molecule has 0 radical (unpaired) electrons. The number of carbonyl (C=O) groups is 2. The predicted octanol–water partition coefficient (Wildman–Crippen LogP) is 4.61. The molecule has 9 unspecified atom stereocenters. The highest BCUT2D eigenvalue weighted by Gasteiger charge is 2.55. The summed E-state index contributed by atoms with van der Waals surface area (Å²) in [5, 5.41) is 0. The Morgan fingerprint density at radius 2 is 1.63 bits per heavy atom. The molecule has 4 bridgehead atoms. The van der Waals surface area contributed by atoms with Gasteiger partial charge >= 0.3 is 11.9 Å². The summed E-state index contributed by atoms with van der Waals surface area (Å²) < 4.78 is 11.6. The van der Waals surface area contributed by atoms with Gasteiger partial charge in [-0.1, -0.05) is 33.6 Å². The van der Waals surface area contributed by atoms with Gasteiger partial charge in [0.15, 0.2) is 0 Å². The van der Waals surface area contributed by atoms with Crippen LogP contribution in [-0.4, -0.2) is 24.6 Å². The van der Waals surface area contributed by atoms with Crippen molar-refractivity contribution in [3.8, 4) is 0 Å². The van der Waals surface area contributed by atoms with E-state index in [0.717, 1.165) is 50.9 Å². The minimum atomic E-state index is -0.0590. The molecule has 0 spiro atoms. The Kier molecular flexibility index (Phi) is 5.53. The van der Waals surface area contributed by atoms with Gasteiger partial charge in [0.05, 0.1) is 18.4 Å². The Morgan fingerprint density at radius 1 is 0.852 bits per heavy atom. The molecule has 4 saturated carbocycles. The maximum absolute atomic E-state index is 12.9. The van der Waals surface area contributed by atoms with Crippen molar-refractivity contribution in [2.45, 2.75) is 78.2 Å². The third kappa shape index (κ3) is 3.53. The molecule has 0 saturated heterocycles. The van der Waals surface area contributed by atoms with Crippen LogP contribution in [0.2, 0.25) is 0 Å². The minimum absolute atomic E-state index is 0.0221. The summed E-state index contributed by atoms with van der Waals surface area (Å²) in [6, 6.07) is 0. The van der Waals surface area contributed by atoms with E-state index in [1.54, 1.807) is 0 Å². The van der Waals surface area contributed by atoms with Crippen molar-refractivity contribution < 1.29 is 19.1 Å². The molecular formula is C23H36O4. The van der Waals surface area contributed by atoms with E-state index >= 15 is 0 Å². The van der Waals surface area contributed by atoms with E-state index in [4.69, 9.17) is 9.47 Å². The van der Waals surface area contributed by atoms with E-state index in [0.29, 0.717) is 30.3 Å². The van der Waals surface area contributed by atoms with Gasteiger partial charge in [0.1, 0.15) is 6.10 Å². The quantitative estimate of drug-likeness (QED) is 0.481. The lowest BCUT2D eigenvalue weighted by molar-refractivity contribution is -0.165. The number of rotatable bonds is 7. The standard InChI is InChI=1S/C23H36O4/c1-4-5-6-7-26-22(24)19-9-15-8-18(19)21(10-15)27-23(25)20-12-16-11-17(20)14(3)13(16)2/h13-21H,4-12H2,1-3H3. The zero-order valence-corrected chi connectivity index (χ0v) is 17.2. The van der Waals surface area contributed by atoms with E-state index in [1.807, 2.05) is 0 Å². The lowest BCUT2D eigenvalue weighted by atomic mass is 9.76. The molecule has 4 rings (SSSR count). The highest BCUT2D eigenvalue weighted by Crippen LogP contribution is 2.56. The molecular weight excluding hydrogens is 340 g/mol. The van der Waals surface area contributed by atoms with Gasteiger partial charge in [-0.25, -0.2) is 0 Å². The van der Waals surface area contributed by atoms with Crippen molar-refractivity contribution in [3.63, 3.8) is 0 Å². The van der Waals surface area contributed by atoms with Crippen molar-refractivity contribution in [3.05, 3.63) is 0 Å². The second kappa shape index (κ2) is 7.75. The van der Waals surface area contributed by atoms with E-state index in [9.17, 15) is 9.59 Å². The lowest BCUT2D eigenvalue weighted by Gasteiger charge is -2.33. The Hall–Kier alpha value is -1.06. The van der Waals surface area contributed by atoms with Gasteiger partial charge in [0.25, 0.3) is 0 Å². The average molecular weight is 377 g/mol. The van der Waals surface area contributed by atoms with Crippen LogP contribution in [0.25, 0.3) is 0 Å². The van der Waals surface area contributed by atoms with Crippen LogP contribution in [0, 0.1) is 47.3 Å². The van der Waals surface area contributed by atoms with E-state index < -0.39 is 0 Å². The number of fused-ring (bicyclic) bond motifs is 4. The van der Waals surface area contributed by atoms with Gasteiger partial charge < -0.3 is 9.47 Å². The summed E-state index contributed by atoms with van der Waals surface area (Å²) >= 11 is 0.